The zero-order valence-corrected chi connectivity index (χ0v) is 10.2. The van der Waals surface area contributed by atoms with Crippen molar-refractivity contribution in [2.45, 2.75) is 20.4 Å². The zero-order chi connectivity index (χ0) is 11.3. The first-order valence-corrected chi connectivity index (χ1v) is 5.81. The van der Waals surface area contributed by atoms with Crippen molar-refractivity contribution in [1.29, 1.82) is 0 Å². The predicted molar refractivity (Wildman–Crippen MR) is 61.9 cm³/mol. The first kappa shape index (κ1) is 12.1. The lowest BCUT2D eigenvalue weighted by molar-refractivity contribution is -0.128. The molecule has 0 aliphatic heterocycles. The average Bonchev–Trinajstić information content (AvgIpc) is 2.63. The van der Waals surface area contributed by atoms with Gasteiger partial charge in [-0.25, -0.2) is 4.98 Å². The van der Waals surface area contributed by atoms with E-state index >= 15 is 0 Å². The van der Waals surface area contributed by atoms with Crippen LogP contribution in [0.15, 0.2) is 6.20 Å². The summed E-state index contributed by atoms with van der Waals surface area (Å²) < 4.78 is 0. The van der Waals surface area contributed by atoms with Crippen LogP contribution < -0.4 is 5.32 Å². The van der Waals surface area contributed by atoms with E-state index in [0.29, 0.717) is 6.54 Å². The molecule has 1 rings (SSSR count). The number of rotatable bonds is 5. The van der Waals surface area contributed by atoms with E-state index in [9.17, 15) is 4.79 Å². The first-order chi connectivity index (χ1) is 7.13. The molecule has 0 aromatic carbocycles. The molecule has 0 unspecified atom stereocenters. The Bertz CT molecular complexity index is 324. The molecule has 84 valence electrons. The summed E-state index contributed by atoms with van der Waals surface area (Å²) in [5.74, 6) is 0.124. The SMILES string of the molecule is CCN(C)C(=O)CNCc1cnc(C)s1. The van der Waals surface area contributed by atoms with Crippen molar-refractivity contribution in [3.05, 3.63) is 16.1 Å². The fourth-order valence-corrected chi connectivity index (χ4v) is 1.86. The normalized spacial score (nSPS) is 10.3. The molecular formula is C10H17N3OS. The van der Waals surface area contributed by atoms with Crippen LogP contribution in [0, 0.1) is 6.92 Å². The number of likely N-dealkylation sites (N-methyl/N-ethyl adjacent to an activating group) is 1. The highest BCUT2D eigenvalue weighted by Crippen LogP contribution is 2.10. The third-order valence-corrected chi connectivity index (χ3v) is 3.06. The predicted octanol–water partition coefficient (Wildman–Crippen LogP) is 1.02. The van der Waals surface area contributed by atoms with Gasteiger partial charge in [0.2, 0.25) is 5.91 Å². The van der Waals surface area contributed by atoms with Gasteiger partial charge < -0.3 is 10.2 Å². The van der Waals surface area contributed by atoms with Gasteiger partial charge in [0.05, 0.1) is 11.6 Å². The molecule has 0 radical (unpaired) electrons. The molecule has 0 bridgehead atoms. The molecule has 0 saturated carbocycles. The smallest absolute Gasteiger partial charge is 0.236 e. The summed E-state index contributed by atoms with van der Waals surface area (Å²) in [7, 11) is 1.81. The molecule has 5 heteroatoms. The Balaban J connectivity index is 2.24. The molecule has 4 nitrogen and oxygen atoms in total. The fraction of sp³-hybridized carbons (Fsp3) is 0.600. The number of nitrogens with zero attached hydrogens (tertiary/aromatic N) is 2. The van der Waals surface area contributed by atoms with Crippen LogP contribution in [-0.2, 0) is 11.3 Å². The van der Waals surface area contributed by atoms with E-state index in [0.717, 1.165) is 18.1 Å². The van der Waals surface area contributed by atoms with Crippen molar-refractivity contribution in [2.24, 2.45) is 0 Å². The molecule has 0 atom stereocenters. The van der Waals surface area contributed by atoms with Crippen molar-refractivity contribution >= 4 is 17.2 Å². The molecule has 0 saturated heterocycles. The van der Waals surface area contributed by atoms with Crippen molar-refractivity contribution in [1.82, 2.24) is 15.2 Å². The monoisotopic (exact) mass is 227 g/mol. The molecule has 0 aliphatic rings. The highest BCUT2D eigenvalue weighted by molar-refractivity contribution is 7.11. The minimum Gasteiger partial charge on any atom is -0.345 e. The van der Waals surface area contributed by atoms with E-state index in [2.05, 4.69) is 10.3 Å². The Morgan fingerprint density at radius 3 is 2.93 bits per heavy atom. The molecule has 15 heavy (non-hydrogen) atoms. The van der Waals surface area contributed by atoms with Gasteiger partial charge in [-0.05, 0) is 13.8 Å². The maximum Gasteiger partial charge on any atom is 0.236 e. The number of carbonyl (C=O) groups is 1. The third-order valence-electron chi connectivity index (χ3n) is 2.14. The summed E-state index contributed by atoms with van der Waals surface area (Å²) in [4.78, 5) is 18.4. The van der Waals surface area contributed by atoms with Gasteiger partial charge in [-0.1, -0.05) is 0 Å². The number of thiazole rings is 1. The third kappa shape index (κ3) is 3.97. The second-order valence-electron chi connectivity index (χ2n) is 3.36. The highest BCUT2D eigenvalue weighted by Gasteiger charge is 2.05. The quantitative estimate of drug-likeness (QED) is 0.817. The van der Waals surface area contributed by atoms with E-state index in [1.807, 2.05) is 20.0 Å². The minimum absolute atomic E-state index is 0.124. The Hall–Kier alpha value is -0.940. The molecule has 0 fully saturated rings. The number of carbonyl (C=O) groups excluding carboxylic acids is 1. The summed E-state index contributed by atoms with van der Waals surface area (Å²) in [6.07, 6.45) is 1.85. The van der Waals surface area contributed by atoms with E-state index in [-0.39, 0.29) is 5.91 Å². The van der Waals surface area contributed by atoms with E-state index in [1.54, 1.807) is 23.3 Å². The number of nitrogens with one attached hydrogen (secondary N) is 1. The molecule has 0 aliphatic carbocycles. The lowest BCUT2D eigenvalue weighted by Crippen LogP contribution is -2.34. The molecular weight excluding hydrogens is 210 g/mol. The van der Waals surface area contributed by atoms with Gasteiger partial charge in [0, 0.05) is 31.2 Å². The summed E-state index contributed by atoms with van der Waals surface area (Å²) in [6, 6.07) is 0. The topological polar surface area (TPSA) is 45.2 Å². The Labute approximate surface area is 94.3 Å². The van der Waals surface area contributed by atoms with Gasteiger partial charge in [0.1, 0.15) is 0 Å². The lowest BCUT2D eigenvalue weighted by atomic mass is 10.4. The van der Waals surface area contributed by atoms with Gasteiger partial charge in [-0.15, -0.1) is 11.3 Å². The van der Waals surface area contributed by atoms with Crippen LogP contribution in [0.4, 0.5) is 0 Å². The number of amides is 1. The minimum atomic E-state index is 0.124. The Kier molecular flexibility index (Phi) is 4.71. The summed E-state index contributed by atoms with van der Waals surface area (Å²) in [5.41, 5.74) is 0. The maximum atomic E-state index is 11.4. The Morgan fingerprint density at radius 2 is 2.40 bits per heavy atom. The second-order valence-corrected chi connectivity index (χ2v) is 4.68. The zero-order valence-electron chi connectivity index (χ0n) is 9.41. The van der Waals surface area contributed by atoms with Crippen molar-refractivity contribution in [3.63, 3.8) is 0 Å². The summed E-state index contributed by atoms with van der Waals surface area (Å²) >= 11 is 1.66. The largest absolute Gasteiger partial charge is 0.345 e. The van der Waals surface area contributed by atoms with E-state index in [4.69, 9.17) is 0 Å². The average molecular weight is 227 g/mol. The number of aromatic nitrogens is 1. The van der Waals surface area contributed by atoms with Crippen LogP contribution in [0.2, 0.25) is 0 Å². The van der Waals surface area contributed by atoms with Crippen LogP contribution >= 0.6 is 11.3 Å². The summed E-state index contributed by atoms with van der Waals surface area (Å²) in [6.45, 7) is 5.80. The van der Waals surface area contributed by atoms with Gasteiger partial charge >= 0.3 is 0 Å². The summed E-state index contributed by atoms with van der Waals surface area (Å²) in [5, 5.41) is 4.17. The molecule has 1 aromatic rings. The van der Waals surface area contributed by atoms with Gasteiger partial charge in [-0.3, -0.25) is 4.79 Å². The van der Waals surface area contributed by atoms with Crippen LogP contribution in [0.5, 0.6) is 0 Å². The second kappa shape index (κ2) is 5.82. The van der Waals surface area contributed by atoms with Gasteiger partial charge in [0.15, 0.2) is 0 Å². The molecule has 1 N–H and O–H groups in total. The molecule has 1 heterocycles. The maximum absolute atomic E-state index is 11.4. The molecule has 0 spiro atoms. The molecule has 1 aromatic heterocycles. The van der Waals surface area contributed by atoms with Gasteiger partial charge in [-0.2, -0.15) is 0 Å². The molecule has 1 amide bonds. The van der Waals surface area contributed by atoms with Crippen LogP contribution in [0.3, 0.4) is 0 Å². The lowest BCUT2D eigenvalue weighted by Gasteiger charge is -2.14. The standard InChI is InChI=1S/C10H17N3OS/c1-4-13(3)10(14)7-11-5-9-6-12-8(2)15-9/h6,11H,4-5,7H2,1-3H3. The van der Waals surface area contributed by atoms with Crippen LogP contribution in [0.1, 0.15) is 16.8 Å². The highest BCUT2D eigenvalue weighted by atomic mass is 32.1. The Morgan fingerprint density at radius 1 is 1.67 bits per heavy atom. The number of hydrogen-bond donors (Lipinski definition) is 1. The van der Waals surface area contributed by atoms with E-state index in [1.165, 1.54) is 4.88 Å². The first-order valence-electron chi connectivity index (χ1n) is 4.99. The van der Waals surface area contributed by atoms with Crippen molar-refractivity contribution < 1.29 is 4.79 Å². The van der Waals surface area contributed by atoms with Gasteiger partial charge in [0.25, 0.3) is 0 Å². The number of hydrogen-bond acceptors (Lipinski definition) is 4. The fourth-order valence-electron chi connectivity index (χ4n) is 1.09. The van der Waals surface area contributed by atoms with E-state index < -0.39 is 0 Å². The number of aryl methyl sites for hydroxylation is 1. The van der Waals surface area contributed by atoms with Crippen LogP contribution in [-0.4, -0.2) is 35.9 Å². The van der Waals surface area contributed by atoms with Crippen molar-refractivity contribution in [3.8, 4) is 0 Å². The van der Waals surface area contributed by atoms with Crippen molar-refractivity contribution in [2.75, 3.05) is 20.1 Å². The van der Waals surface area contributed by atoms with Crippen LogP contribution in [0.25, 0.3) is 0 Å².